The summed E-state index contributed by atoms with van der Waals surface area (Å²) in [5.74, 6) is -0.235. The van der Waals surface area contributed by atoms with Gasteiger partial charge in [0.15, 0.2) is 11.5 Å². The van der Waals surface area contributed by atoms with Crippen molar-refractivity contribution in [2.24, 2.45) is 5.16 Å². The van der Waals surface area contributed by atoms with Crippen LogP contribution in [0.25, 0.3) is 0 Å². The standard InChI is InChI=1S/C12H13Br2NO5/c1-19-11-7(13)5-6(10(16)9(11)14)3-4-8(15-18)12(17)20-2/h5,16,18H,3-4H2,1-2H3/b15-8-. The zero-order chi connectivity index (χ0) is 15.3. The van der Waals surface area contributed by atoms with Gasteiger partial charge in [-0.3, -0.25) is 0 Å². The zero-order valence-electron chi connectivity index (χ0n) is 10.8. The Morgan fingerprint density at radius 3 is 2.55 bits per heavy atom. The van der Waals surface area contributed by atoms with Crippen LogP contribution in [0.1, 0.15) is 12.0 Å². The van der Waals surface area contributed by atoms with E-state index in [9.17, 15) is 9.90 Å². The predicted molar refractivity (Wildman–Crippen MR) is 79.6 cm³/mol. The molecule has 20 heavy (non-hydrogen) atoms. The molecule has 0 atom stereocenters. The SMILES string of the molecule is COC(=O)/C(CCc1cc(Br)c(OC)c(Br)c1O)=N\O. The number of carbonyl (C=O) groups is 1. The van der Waals surface area contributed by atoms with Crippen LogP contribution in [0.3, 0.4) is 0 Å². The molecule has 0 aliphatic rings. The fourth-order valence-electron chi connectivity index (χ4n) is 1.58. The first-order chi connectivity index (χ1) is 9.46. The molecule has 0 unspecified atom stereocenters. The lowest BCUT2D eigenvalue weighted by molar-refractivity contribution is -0.133. The van der Waals surface area contributed by atoms with E-state index >= 15 is 0 Å². The van der Waals surface area contributed by atoms with Crippen LogP contribution >= 0.6 is 31.9 Å². The topological polar surface area (TPSA) is 88.4 Å². The summed E-state index contributed by atoms with van der Waals surface area (Å²) in [7, 11) is 2.68. The largest absolute Gasteiger partial charge is 0.506 e. The van der Waals surface area contributed by atoms with Crippen molar-refractivity contribution in [1.82, 2.24) is 0 Å². The summed E-state index contributed by atoms with van der Waals surface area (Å²) < 4.78 is 10.7. The molecule has 0 heterocycles. The highest BCUT2D eigenvalue weighted by Gasteiger charge is 2.18. The Labute approximate surface area is 132 Å². The number of hydrogen-bond donors (Lipinski definition) is 2. The number of hydrogen-bond acceptors (Lipinski definition) is 6. The molecule has 0 saturated carbocycles. The maximum atomic E-state index is 11.3. The highest BCUT2D eigenvalue weighted by molar-refractivity contribution is 9.11. The van der Waals surface area contributed by atoms with Crippen LogP contribution in [0.15, 0.2) is 20.2 Å². The van der Waals surface area contributed by atoms with Gasteiger partial charge in [-0.15, -0.1) is 0 Å². The molecule has 0 spiro atoms. The first-order valence-electron chi connectivity index (χ1n) is 5.49. The van der Waals surface area contributed by atoms with Crippen LogP contribution < -0.4 is 4.74 Å². The van der Waals surface area contributed by atoms with Crippen molar-refractivity contribution >= 4 is 43.5 Å². The van der Waals surface area contributed by atoms with E-state index in [0.29, 0.717) is 26.7 Å². The Hall–Kier alpha value is -1.28. The molecule has 0 radical (unpaired) electrons. The van der Waals surface area contributed by atoms with Gasteiger partial charge in [0.1, 0.15) is 10.2 Å². The van der Waals surface area contributed by atoms with E-state index in [1.54, 1.807) is 6.07 Å². The van der Waals surface area contributed by atoms with Gasteiger partial charge in [-0.2, -0.15) is 0 Å². The normalized spacial score (nSPS) is 11.3. The Morgan fingerprint density at radius 2 is 2.05 bits per heavy atom. The van der Waals surface area contributed by atoms with E-state index in [1.807, 2.05) is 0 Å². The summed E-state index contributed by atoms with van der Waals surface area (Å²) in [5.41, 5.74) is 0.449. The van der Waals surface area contributed by atoms with Gasteiger partial charge in [0.05, 0.1) is 18.7 Å². The summed E-state index contributed by atoms with van der Waals surface area (Å²) in [6, 6.07) is 1.67. The third-order valence-corrected chi connectivity index (χ3v) is 3.93. The number of benzene rings is 1. The van der Waals surface area contributed by atoms with Crippen LogP contribution in [0.4, 0.5) is 0 Å². The first-order valence-corrected chi connectivity index (χ1v) is 7.07. The zero-order valence-corrected chi connectivity index (χ0v) is 14.0. The molecule has 8 heteroatoms. The Morgan fingerprint density at radius 1 is 1.40 bits per heavy atom. The van der Waals surface area contributed by atoms with Crippen molar-refractivity contribution in [3.8, 4) is 11.5 Å². The van der Waals surface area contributed by atoms with Crippen LogP contribution in [-0.2, 0) is 16.0 Å². The molecule has 0 fully saturated rings. The van der Waals surface area contributed by atoms with E-state index in [1.165, 1.54) is 14.2 Å². The Balaban J connectivity index is 2.97. The lowest BCUT2D eigenvalue weighted by Gasteiger charge is -2.12. The fourth-order valence-corrected chi connectivity index (χ4v) is 3.11. The van der Waals surface area contributed by atoms with Crippen molar-refractivity contribution in [1.29, 1.82) is 0 Å². The monoisotopic (exact) mass is 409 g/mol. The highest BCUT2D eigenvalue weighted by atomic mass is 79.9. The number of esters is 1. The minimum absolute atomic E-state index is 0.00667. The van der Waals surface area contributed by atoms with Crippen LogP contribution in [0.2, 0.25) is 0 Å². The van der Waals surface area contributed by atoms with Crippen LogP contribution in [0, 0.1) is 0 Å². The van der Waals surface area contributed by atoms with Gasteiger partial charge < -0.3 is 19.8 Å². The molecule has 0 aliphatic heterocycles. The Bertz CT molecular complexity index is 545. The van der Waals surface area contributed by atoms with Gasteiger partial charge in [0.25, 0.3) is 0 Å². The maximum Gasteiger partial charge on any atom is 0.355 e. The van der Waals surface area contributed by atoms with Crippen molar-refractivity contribution in [2.75, 3.05) is 14.2 Å². The maximum absolute atomic E-state index is 11.3. The minimum Gasteiger partial charge on any atom is -0.506 e. The van der Waals surface area contributed by atoms with Crippen molar-refractivity contribution < 1.29 is 24.6 Å². The summed E-state index contributed by atoms with van der Waals surface area (Å²) in [5, 5.41) is 21.7. The lowest BCUT2D eigenvalue weighted by atomic mass is 10.1. The Kier molecular flexibility index (Phi) is 6.28. The number of aromatic hydroxyl groups is 1. The summed E-state index contributed by atoms with van der Waals surface area (Å²) >= 11 is 6.55. The first kappa shape index (κ1) is 16.8. The van der Waals surface area contributed by atoms with E-state index in [0.717, 1.165) is 0 Å². The van der Waals surface area contributed by atoms with E-state index in [-0.39, 0.29) is 17.9 Å². The van der Waals surface area contributed by atoms with Gasteiger partial charge in [-0.1, -0.05) is 5.16 Å². The van der Waals surface area contributed by atoms with Gasteiger partial charge in [-0.25, -0.2) is 4.79 Å². The molecule has 1 rings (SSSR count). The van der Waals surface area contributed by atoms with Crippen molar-refractivity contribution in [3.05, 3.63) is 20.6 Å². The molecule has 0 aromatic heterocycles. The second-order valence-corrected chi connectivity index (χ2v) is 5.40. The minimum atomic E-state index is -0.710. The quantitative estimate of drug-likeness (QED) is 0.337. The van der Waals surface area contributed by atoms with Gasteiger partial charge in [0.2, 0.25) is 0 Å². The molecular weight excluding hydrogens is 398 g/mol. The number of nitrogens with zero attached hydrogens (tertiary/aromatic N) is 1. The van der Waals surface area contributed by atoms with Crippen molar-refractivity contribution in [2.45, 2.75) is 12.8 Å². The molecule has 110 valence electrons. The number of methoxy groups -OCH3 is 2. The fraction of sp³-hybridized carbons (Fsp3) is 0.333. The van der Waals surface area contributed by atoms with E-state index < -0.39 is 5.97 Å². The number of rotatable bonds is 5. The van der Waals surface area contributed by atoms with Gasteiger partial charge in [-0.05, 0) is 49.9 Å². The number of halogens is 2. The number of phenols is 1. The molecule has 2 N–H and O–H groups in total. The third kappa shape index (κ3) is 3.63. The predicted octanol–water partition coefficient (Wildman–Crippen LogP) is 2.86. The van der Waals surface area contributed by atoms with E-state index in [4.69, 9.17) is 9.94 Å². The molecule has 6 nitrogen and oxygen atoms in total. The molecule has 0 amide bonds. The number of carbonyl (C=O) groups excluding carboxylic acids is 1. The molecule has 0 saturated heterocycles. The average Bonchev–Trinajstić information content (AvgIpc) is 2.44. The van der Waals surface area contributed by atoms with Crippen molar-refractivity contribution in [3.63, 3.8) is 0 Å². The molecule has 1 aromatic rings. The second kappa shape index (κ2) is 7.49. The molecule has 0 aliphatic carbocycles. The number of ether oxygens (including phenoxy) is 2. The summed E-state index contributed by atoms with van der Waals surface area (Å²) in [6.07, 6.45) is 0.420. The van der Waals surface area contributed by atoms with Gasteiger partial charge >= 0.3 is 5.97 Å². The lowest BCUT2D eigenvalue weighted by Crippen LogP contribution is -2.16. The third-order valence-electron chi connectivity index (χ3n) is 2.61. The molecular formula is C12H13Br2NO5. The van der Waals surface area contributed by atoms with Crippen LogP contribution in [-0.4, -0.2) is 36.2 Å². The molecule has 0 bridgehead atoms. The second-order valence-electron chi connectivity index (χ2n) is 3.75. The number of phenolic OH excluding ortho intramolecular Hbond substituents is 1. The summed E-state index contributed by atoms with van der Waals surface area (Å²) in [4.78, 5) is 11.3. The van der Waals surface area contributed by atoms with E-state index in [2.05, 4.69) is 41.8 Å². The number of aryl methyl sites for hydroxylation is 1. The highest BCUT2D eigenvalue weighted by Crippen LogP contribution is 2.42. The average molecular weight is 411 g/mol. The van der Waals surface area contributed by atoms with Gasteiger partial charge in [0, 0.05) is 6.42 Å². The summed E-state index contributed by atoms with van der Waals surface area (Å²) in [6.45, 7) is 0. The molecule has 1 aromatic carbocycles. The van der Waals surface area contributed by atoms with Crippen LogP contribution in [0.5, 0.6) is 11.5 Å². The number of oxime groups is 1. The smallest absolute Gasteiger partial charge is 0.355 e.